The summed E-state index contributed by atoms with van der Waals surface area (Å²) in [6.07, 6.45) is 7.41. The summed E-state index contributed by atoms with van der Waals surface area (Å²) in [5.74, 6) is 2.58. The van der Waals surface area contributed by atoms with Crippen molar-refractivity contribution >= 4 is 12.6 Å². The van der Waals surface area contributed by atoms with Crippen LogP contribution in [0.3, 0.4) is 0 Å². The van der Waals surface area contributed by atoms with E-state index in [-0.39, 0.29) is 0 Å². The number of thiol groups is 1. The molecule has 2 aromatic rings. The van der Waals surface area contributed by atoms with E-state index < -0.39 is 0 Å². The summed E-state index contributed by atoms with van der Waals surface area (Å²) in [7, 11) is 1.96. The second-order valence-corrected chi connectivity index (χ2v) is 3.48. The molecule has 0 N–H and O–H groups in total. The quantitative estimate of drug-likeness (QED) is 0.770. The SMILES string of the molecule is Cn1ccnc1-c1nccn1CCS. The van der Waals surface area contributed by atoms with Crippen molar-refractivity contribution in [1.29, 1.82) is 0 Å². The Hall–Kier alpha value is -1.23. The number of aryl methyl sites for hydroxylation is 2. The fourth-order valence-corrected chi connectivity index (χ4v) is 1.60. The Morgan fingerprint density at radius 3 is 2.57 bits per heavy atom. The van der Waals surface area contributed by atoms with Gasteiger partial charge in [-0.3, -0.25) is 0 Å². The summed E-state index contributed by atoms with van der Waals surface area (Å²) in [4.78, 5) is 8.54. The van der Waals surface area contributed by atoms with Gasteiger partial charge >= 0.3 is 0 Å². The first-order valence-corrected chi connectivity index (χ1v) is 5.06. The molecule has 0 aliphatic carbocycles. The van der Waals surface area contributed by atoms with Crippen molar-refractivity contribution in [2.45, 2.75) is 6.54 Å². The molecular weight excluding hydrogens is 196 g/mol. The summed E-state index contributed by atoms with van der Waals surface area (Å²) in [6.45, 7) is 0.852. The predicted molar refractivity (Wildman–Crippen MR) is 58.3 cm³/mol. The molecule has 0 bridgehead atoms. The molecule has 0 aromatic carbocycles. The zero-order chi connectivity index (χ0) is 9.97. The van der Waals surface area contributed by atoms with E-state index in [1.165, 1.54) is 0 Å². The van der Waals surface area contributed by atoms with E-state index in [4.69, 9.17) is 0 Å². The lowest BCUT2D eigenvalue weighted by atomic mass is 10.5. The lowest BCUT2D eigenvalue weighted by molar-refractivity contribution is 0.765. The maximum atomic E-state index is 4.28. The molecule has 0 aliphatic heterocycles. The third-order valence-corrected chi connectivity index (χ3v) is 2.28. The van der Waals surface area contributed by atoms with Crippen LogP contribution in [-0.4, -0.2) is 24.9 Å². The molecule has 0 unspecified atom stereocenters. The van der Waals surface area contributed by atoms with Gasteiger partial charge in [-0.25, -0.2) is 9.97 Å². The Balaban J connectivity index is 2.41. The van der Waals surface area contributed by atoms with E-state index in [2.05, 4.69) is 27.2 Å². The first-order chi connectivity index (χ1) is 6.83. The fraction of sp³-hybridized carbons (Fsp3) is 0.333. The smallest absolute Gasteiger partial charge is 0.176 e. The highest BCUT2D eigenvalue weighted by atomic mass is 32.1. The van der Waals surface area contributed by atoms with Gasteiger partial charge in [0.25, 0.3) is 0 Å². The summed E-state index contributed by atoms with van der Waals surface area (Å²) in [5.41, 5.74) is 0. The van der Waals surface area contributed by atoms with Gasteiger partial charge in [0.1, 0.15) is 0 Å². The maximum Gasteiger partial charge on any atom is 0.176 e. The van der Waals surface area contributed by atoms with E-state index in [0.29, 0.717) is 0 Å². The van der Waals surface area contributed by atoms with Crippen molar-refractivity contribution in [2.24, 2.45) is 7.05 Å². The average molecular weight is 208 g/mol. The lowest BCUT2D eigenvalue weighted by Gasteiger charge is -2.05. The molecule has 0 radical (unpaired) electrons. The zero-order valence-electron chi connectivity index (χ0n) is 7.96. The second-order valence-electron chi connectivity index (χ2n) is 3.03. The standard InChI is InChI=1S/C9H12N4S/c1-12-4-2-10-8(12)9-11-3-5-13(9)6-7-14/h2-5,14H,6-7H2,1H3. The first kappa shape index (κ1) is 9.33. The van der Waals surface area contributed by atoms with Crippen molar-refractivity contribution < 1.29 is 0 Å². The van der Waals surface area contributed by atoms with Gasteiger partial charge in [-0.05, 0) is 0 Å². The van der Waals surface area contributed by atoms with Crippen LogP contribution in [-0.2, 0) is 13.6 Å². The van der Waals surface area contributed by atoms with Crippen molar-refractivity contribution in [1.82, 2.24) is 19.1 Å². The minimum atomic E-state index is 0.799. The average Bonchev–Trinajstić information content (AvgIpc) is 2.74. The van der Waals surface area contributed by atoms with Gasteiger partial charge in [0.05, 0.1) is 0 Å². The fourth-order valence-electron chi connectivity index (χ4n) is 1.38. The Kier molecular flexibility index (Phi) is 2.58. The monoisotopic (exact) mass is 208 g/mol. The van der Waals surface area contributed by atoms with Gasteiger partial charge in [-0.1, -0.05) is 0 Å². The van der Waals surface area contributed by atoms with Crippen molar-refractivity contribution in [2.75, 3.05) is 5.75 Å². The molecule has 5 heteroatoms. The maximum absolute atomic E-state index is 4.28. The summed E-state index contributed by atoms with van der Waals surface area (Å²) >= 11 is 4.20. The number of rotatable bonds is 3. The van der Waals surface area contributed by atoms with Crippen LogP contribution in [0.4, 0.5) is 0 Å². The van der Waals surface area contributed by atoms with Crippen LogP contribution >= 0.6 is 12.6 Å². The molecule has 0 atom stereocenters. The minimum Gasteiger partial charge on any atom is -0.331 e. The van der Waals surface area contributed by atoms with Gasteiger partial charge in [0.2, 0.25) is 0 Å². The van der Waals surface area contributed by atoms with E-state index in [1.54, 1.807) is 12.4 Å². The van der Waals surface area contributed by atoms with Crippen molar-refractivity contribution in [3.63, 3.8) is 0 Å². The molecule has 0 saturated carbocycles. The number of hydrogen-bond donors (Lipinski definition) is 1. The van der Waals surface area contributed by atoms with Crippen LogP contribution in [0.25, 0.3) is 11.6 Å². The highest BCUT2D eigenvalue weighted by Gasteiger charge is 2.09. The molecule has 0 fully saturated rings. The number of hydrogen-bond acceptors (Lipinski definition) is 3. The van der Waals surface area contributed by atoms with Gasteiger partial charge < -0.3 is 9.13 Å². The van der Waals surface area contributed by atoms with Crippen molar-refractivity contribution in [3.8, 4) is 11.6 Å². The summed E-state index contributed by atoms with van der Waals surface area (Å²) < 4.78 is 4.01. The molecule has 0 saturated heterocycles. The third kappa shape index (κ3) is 1.55. The summed E-state index contributed by atoms with van der Waals surface area (Å²) in [6, 6.07) is 0. The highest BCUT2D eigenvalue weighted by molar-refractivity contribution is 7.80. The molecule has 74 valence electrons. The number of nitrogens with zero attached hydrogens (tertiary/aromatic N) is 4. The minimum absolute atomic E-state index is 0.799. The van der Waals surface area contributed by atoms with Crippen LogP contribution < -0.4 is 0 Å². The van der Waals surface area contributed by atoms with Crippen LogP contribution in [0, 0.1) is 0 Å². The molecule has 4 nitrogen and oxygen atoms in total. The Labute approximate surface area is 88.0 Å². The lowest BCUT2D eigenvalue weighted by Crippen LogP contribution is -2.03. The molecule has 14 heavy (non-hydrogen) atoms. The largest absolute Gasteiger partial charge is 0.331 e. The number of imidazole rings is 2. The van der Waals surface area contributed by atoms with Crippen LogP contribution in [0.15, 0.2) is 24.8 Å². The van der Waals surface area contributed by atoms with E-state index in [0.717, 1.165) is 23.9 Å². The normalized spacial score (nSPS) is 10.7. The van der Waals surface area contributed by atoms with Crippen LogP contribution in [0.1, 0.15) is 0 Å². The topological polar surface area (TPSA) is 35.6 Å². The van der Waals surface area contributed by atoms with Gasteiger partial charge in [-0.15, -0.1) is 0 Å². The number of aromatic nitrogens is 4. The third-order valence-electron chi connectivity index (χ3n) is 2.08. The Morgan fingerprint density at radius 2 is 1.93 bits per heavy atom. The molecule has 2 aromatic heterocycles. The van der Waals surface area contributed by atoms with Crippen LogP contribution in [0.5, 0.6) is 0 Å². The Morgan fingerprint density at radius 1 is 1.21 bits per heavy atom. The highest BCUT2D eigenvalue weighted by Crippen LogP contribution is 2.13. The molecule has 2 rings (SSSR count). The molecule has 2 heterocycles. The second kappa shape index (κ2) is 3.88. The summed E-state index contributed by atoms with van der Waals surface area (Å²) in [5, 5.41) is 0. The molecule has 0 aliphatic rings. The molecule has 0 spiro atoms. The Bertz CT molecular complexity index is 418. The van der Waals surface area contributed by atoms with E-state index >= 15 is 0 Å². The van der Waals surface area contributed by atoms with Gasteiger partial charge in [0, 0.05) is 44.1 Å². The molecular formula is C9H12N4S. The van der Waals surface area contributed by atoms with E-state index in [9.17, 15) is 0 Å². The zero-order valence-corrected chi connectivity index (χ0v) is 8.85. The van der Waals surface area contributed by atoms with Gasteiger partial charge in [-0.2, -0.15) is 12.6 Å². The van der Waals surface area contributed by atoms with Gasteiger partial charge in [0.15, 0.2) is 11.6 Å². The van der Waals surface area contributed by atoms with E-state index in [1.807, 2.05) is 24.0 Å². The molecule has 0 amide bonds. The van der Waals surface area contributed by atoms with Crippen LogP contribution in [0.2, 0.25) is 0 Å². The predicted octanol–water partition coefficient (Wildman–Crippen LogP) is 1.21. The van der Waals surface area contributed by atoms with Crippen molar-refractivity contribution in [3.05, 3.63) is 24.8 Å². The first-order valence-electron chi connectivity index (χ1n) is 4.42.